The second kappa shape index (κ2) is 7.54. The summed E-state index contributed by atoms with van der Waals surface area (Å²) in [4.78, 5) is 0. The molecule has 0 radical (unpaired) electrons. The van der Waals surface area contributed by atoms with Gasteiger partial charge in [-0.05, 0) is 36.6 Å². The summed E-state index contributed by atoms with van der Waals surface area (Å²) in [7, 11) is 1.94. The van der Waals surface area contributed by atoms with Crippen molar-refractivity contribution < 1.29 is 0 Å². The van der Waals surface area contributed by atoms with E-state index in [-0.39, 0.29) is 0 Å². The monoisotopic (exact) mass is 241 g/mol. The number of rotatable bonds is 3. The number of hydrogen-bond donors (Lipinski definition) is 1. The standard InChI is InChI=1S/C15H17N.C2H6/c1-12-3-5-13(6-4-12)11-14-7-9-15(16-2)10-8-14;1-2/h3-10,16H,11H2,1-2H3;1-2H3. The van der Waals surface area contributed by atoms with E-state index >= 15 is 0 Å². The van der Waals surface area contributed by atoms with Gasteiger partial charge in [0.15, 0.2) is 0 Å². The van der Waals surface area contributed by atoms with E-state index < -0.39 is 0 Å². The van der Waals surface area contributed by atoms with E-state index in [1.807, 2.05) is 20.9 Å². The summed E-state index contributed by atoms with van der Waals surface area (Å²) in [6, 6.07) is 17.3. The fraction of sp³-hybridized carbons (Fsp3) is 0.294. The van der Waals surface area contributed by atoms with Crippen molar-refractivity contribution >= 4 is 5.69 Å². The largest absolute Gasteiger partial charge is 0.388 e. The first-order chi connectivity index (χ1) is 8.78. The van der Waals surface area contributed by atoms with Crippen LogP contribution in [0, 0.1) is 6.92 Å². The molecule has 2 aromatic carbocycles. The van der Waals surface area contributed by atoms with Gasteiger partial charge < -0.3 is 5.32 Å². The van der Waals surface area contributed by atoms with Crippen LogP contribution in [-0.2, 0) is 6.42 Å². The van der Waals surface area contributed by atoms with Crippen LogP contribution in [0.5, 0.6) is 0 Å². The molecule has 0 bridgehead atoms. The molecule has 0 aliphatic heterocycles. The van der Waals surface area contributed by atoms with E-state index in [4.69, 9.17) is 0 Å². The maximum atomic E-state index is 3.13. The van der Waals surface area contributed by atoms with Crippen LogP contribution in [-0.4, -0.2) is 7.05 Å². The van der Waals surface area contributed by atoms with Crippen molar-refractivity contribution in [2.24, 2.45) is 0 Å². The van der Waals surface area contributed by atoms with Gasteiger partial charge in [0.25, 0.3) is 0 Å². The van der Waals surface area contributed by atoms with Crippen molar-refractivity contribution in [1.29, 1.82) is 0 Å². The van der Waals surface area contributed by atoms with Crippen molar-refractivity contribution in [2.75, 3.05) is 12.4 Å². The molecule has 0 atom stereocenters. The van der Waals surface area contributed by atoms with Gasteiger partial charge in [0.1, 0.15) is 0 Å². The van der Waals surface area contributed by atoms with E-state index in [1.165, 1.54) is 16.7 Å². The van der Waals surface area contributed by atoms with Gasteiger partial charge in [-0.15, -0.1) is 0 Å². The predicted molar refractivity (Wildman–Crippen MR) is 81.3 cm³/mol. The predicted octanol–water partition coefficient (Wildman–Crippen LogP) is 4.65. The van der Waals surface area contributed by atoms with Crippen LogP contribution in [0.1, 0.15) is 30.5 Å². The SMILES string of the molecule is CC.CNc1ccc(Cc2ccc(C)cc2)cc1. The minimum Gasteiger partial charge on any atom is -0.388 e. The molecule has 0 aliphatic carbocycles. The summed E-state index contributed by atoms with van der Waals surface area (Å²) in [5.74, 6) is 0. The highest BCUT2D eigenvalue weighted by Crippen LogP contribution is 2.13. The fourth-order valence-electron chi connectivity index (χ4n) is 1.73. The van der Waals surface area contributed by atoms with Gasteiger partial charge in [-0.25, -0.2) is 0 Å². The zero-order chi connectivity index (χ0) is 13.4. The van der Waals surface area contributed by atoms with E-state index in [1.54, 1.807) is 0 Å². The molecular formula is C17H23N. The van der Waals surface area contributed by atoms with Crippen molar-refractivity contribution in [3.05, 3.63) is 65.2 Å². The van der Waals surface area contributed by atoms with Gasteiger partial charge >= 0.3 is 0 Å². The Morgan fingerprint density at radius 2 is 1.22 bits per heavy atom. The second-order valence-corrected chi connectivity index (χ2v) is 4.11. The highest BCUT2D eigenvalue weighted by molar-refractivity contribution is 5.44. The smallest absolute Gasteiger partial charge is 0.0337 e. The van der Waals surface area contributed by atoms with Crippen molar-refractivity contribution in [3.63, 3.8) is 0 Å². The average Bonchev–Trinajstić information content (AvgIpc) is 2.44. The molecular weight excluding hydrogens is 218 g/mol. The Morgan fingerprint density at radius 3 is 1.67 bits per heavy atom. The normalized spacial score (nSPS) is 9.33. The summed E-state index contributed by atoms with van der Waals surface area (Å²) in [5.41, 5.74) is 5.19. The number of benzene rings is 2. The summed E-state index contributed by atoms with van der Waals surface area (Å²) >= 11 is 0. The molecule has 0 spiro atoms. The molecule has 1 N–H and O–H groups in total. The molecule has 0 amide bonds. The molecule has 0 unspecified atom stereocenters. The minimum atomic E-state index is 1.00. The third kappa shape index (κ3) is 4.25. The molecule has 0 aromatic heterocycles. The molecule has 2 aromatic rings. The zero-order valence-electron chi connectivity index (χ0n) is 11.8. The molecule has 1 heteroatoms. The molecule has 96 valence electrons. The zero-order valence-corrected chi connectivity index (χ0v) is 11.8. The van der Waals surface area contributed by atoms with Gasteiger partial charge in [0.2, 0.25) is 0 Å². The quantitative estimate of drug-likeness (QED) is 0.824. The molecule has 0 heterocycles. The van der Waals surface area contributed by atoms with Crippen LogP contribution in [0.2, 0.25) is 0 Å². The maximum absolute atomic E-state index is 3.13. The van der Waals surface area contributed by atoms with Crippen LogP contribution in [0.25, 0.3) is 0 Å². The lowest BCUT2D eigenvalue weighted by molar-refractivity contribution is 1.19. The molecule has 0 saturated carbocycles. The van der Waals surface area contributed by atoms with Crippen molar-refractivity contribution in [2.45, 2.75) is 27.2 Å². The molecule has 0 fully saturated rings. The van der Waals surface area contributed by atoms with Crippen molar-refractivity contribution in [3.8, 4) is 0 Å². The second-order valence-electron chi connectivity index (χ2n) is 4.11. The molecule has 0 aliphatic rings. The Balaban J connectivity index is 0.000000771. The third-order valence-electron chi connectivity index (χ3n) is 2.77. The summed E-state index contributed by atoms with van der Waals surface area (Å²) in [6.07, 6.45) is 1.00. The highest BCUT2D eigenvalue weighted by atomic mass is 14.8. The Morgan fingerprint density at radius 1 is 0.778 bits per heavy atom. The van der Waals surface area contributed by atoms with E-state index in [0.29, 0.717) is 0 Å². The van der Waals surface area contributed by atoms with Crippen molar-refractivity contribution in [1.82, 2.24) is 0 Å². The van der Waals surface area contributed by atoms with Gasteiger partial charge in [0.05, 0.1) is 0 Å². The van der Waals surface area contributed by atoms with Crippen LogP contribution in [0.4, 0.5) is 5.69 Å². The van der Waals surface area contributed by atoms with Crippen LogP contribution < -0.4 is 5.32 Å². The van der Waals surface area contributed by atoms with Crippen LogP contribution in [0.15, 0.2) is 48.5 Å². The summed E-state index contributed by atoms with van der Waals surface area (Å²) in [6.45, 7) is 6.12. The fourth-order valence-corrected chi connectivity index (χ4v) is 1.73. The Kier molecular flexibility index (Phi) is 5.99. The van der Waals surface area contributed by atoms with E-state index in [2.05, 4.69) is 60.8 Å². The number of hydrogen-bond acceptors (Lipinski definition) is 1. The van der Waals surface area contributed by atoms with Crippen LogP contribution >= 0.6 is 0 Å². The lowest BCUT2D eigenvalue weighted by atomic mass is 10.0. The van der Waals surface area contributed by atoms with Crippen LogP contribution in [0.3, 0.4) is 0 Å². The summed E-state index contributed by atoms with van der Waals surface area (Å²) in [5, 5.41) is 3.13. The molecule has 18 heavy (non-hydrogen) atoms. The Labute approximate surface area is 111 Å². The third-order valence-corrected chi connectivity index (χ3v) is 2.77. The summed E-state index contributed by atoms with van der Waals surface area (Å²) < 4.78 is 0. The number of anilines is 1. The van der Waals surface area contributed by atoms with E-state index in [9.17, 15) is 0 Å². The number of aryl methyl sites for hydroxylation is 1. The lowest BCUT2D eigenvalue weighted by Gasteiger charge is -2.04. The van der Waals surface area contributed by atoms with Gasteiger partial charge in [-0.1, -0.05) is 55.8 Å². The number of nitrogens with one attached hydrogen (secondary N) is 1. The first kappa shape index (κ1) is 14.3. The first-order valence-corrected chi connectivity index (χ1v) is 6.60. The van der Waals surface area contributed by atoms with E-state index in [0.717, 1.165) is 12.1 Å². The average molecular weight is 241 g/mol. The molecule has 0 saturated heterocycles. The molecule has 2 rings (SSSR count). The highest BCUT2D eigenvalue weighted by Gasteiger charge is 1.96. The maximum Gasteiger partial charge on any atom is 0.0337 e. The van der Waals surface area contributed by atoms with Gasteiger partial charge in [-0.3, -0.25) is 0 Å². The van der Waals surface area contributed by atoms with Gasteiger partial charge in [0, 0.05) is 12.7 Å². The molecule has 1 nitrogen and oxygen atoms in total. The minimum absolute atomic E-state index is 1.00. The lowest BCUT2D eigenvalue weighted by Crippen LogP contribution is -1.90. The first-order valence-electron chi connectivity index (χ1n) is 6.60. The Hall–Kier alpha value is -1.76. The van der Waals surface area contributed by atoms with Gasteiger partial charge in [-0.2, -0.15) is 0 Å². The topological polar surface area (TPSA) is 12.0 Å². The Bertz CT molecular complexity index is 440.